The Bertz CT molecular complexity index is 1530. The largest absolute Gasteiger partial charge is 0.481 e. The summed E-state index contributed by atoms with van der Waals surface area (Å²) in [7, 11) is 0. The lowest BCUT2D eigenvalue weighted by atomic mass is 10.0. The van der Waals surface area contributed by atoms with Crippen LogP contribution in [0.3, 0.4) is 0 Å². The molecule has 49 heavy (non-hydrogen) atoms. The van der Waals surface area contributed by atoms with Crippen LogP contribution in [0.15, 0.2) is 40.4 Å². The fraction of sp³-hybridized carbons (Fsp3) is 0.467. The van der Waals surface area contributed by atoms with Crippen molar-refractivity contribution in [2.45, 2.75) is 76.0 Å². The fourth-order valence-corrected chi connectivity index (χ4v) is 4.86. The van der Waals surface area contributed by atoms with Crippen LogP contribution in [-0.4, -0.2) is 99.9 Å². The summed E-state index contributed by atoms with van der Waals surface area (Å²) in [6.07, 6.45) is 1.17. The Morgan fingerprint density at radius 2 is 1.22 bits per heavy atom. The molecule has 0 fully saturated rings. The van der Waals surface area contributed by atoms with Crippen molar-refractivity contribution in [3.8, 4) is 0 Å². The van der Waals surface area contributed by atoms with E-state index in [1.807, 2.05) is 12.1 Å². The average Bonchev–Trinajstić information content (AvgIpc) is 3.43. The highest BCUT2D eigenvalue weighted by Crippen LogP contribution is 2.19. The lowest BCUT2D eigenvalue weighted by molar-refractivity contribution is -0.142. The van der Waals surface area contributed by atoms with E-state index in [0.717, 1.165) is 10.9 Å². The van der Waals surface area contributed by atoms with Gasteiger partial charge in [0.2, 0.25) is 23.6 Å². The lowest BCUT2D eigenvalue weighted by Crippen LogP contribution is -2.58. The number of aliphatic carboxylic acids is 2. The summed E-state index contributed by atoms with van der Waals surface area (Å²) in [6, 6.07) is 1.95. The number of nitrogens with zero attached hydrogens (tertiary/aromatic N) is 2. The van der Waals surface area contributed by atoms with Gasteiger partial charge in [-0.3, -0.25) is 34.0 Å². The third-order valence-electron chi connectivity index (χ3n) is 7.21. The Morgan fingerprint density at radius 1 is 0.735 bits per heavy atom. The van der Waals surface area contributed by atoms with E-state index in [-0.39, 0.29) is 63.5 Å². The SMILES string of the molecule is CC(=O)N[C@@H](CCCN=C(N)N)C(=O)N[C@@H](CCC(=O)O)C(=O)N[C@@H](CCCN=C(N)N)C(=O)N[C@@H](Cc1c[nH]c2ccccc12)C(=O)O. The van der Waals surface area contributed by atoms with Crippen molar-refractivity contribution < 1.29 is 39.0 Å². The molecule has 19 heteroatoms. The predicted octanol–water partition coefficient (Wildman–Crippen LogP) is -2.27. The van der Waals surface area contributed by atoms with Crippen LogP contribution in [0.2, 0.25) is 0 Å². The number of hydrogen-bond donors (Lipinski definition) is 11. The van der Waals surface area contributed by atoms with Gasteiger partial charge in [0.15, 0.2) is 11.9 Å². The van der Waals surface area contributed by atoms with Crippen molar-refractivity contribution in [2.75, 3.05) is 13.1 Å². The first kappa shape index (κ1) is 39.3. The molecule has 0 aliphatic heterocycles. The molecular formula is C30H45N11O8. The number of aromatic nitrogens is 1. The van der Waals surface area contributed by atoms with E-state index in [0.29, 0.717) is 5.56 Å². The van der Waals surface area contributed by atoms with Gasteiger partial charge < -0.3 is 59.4 Å². The molecule has 0 unspecified atom stereocenters. The van der Waals surface area contributed by atoms with Crippen LogP contribution in [-0.2, 0) is 35.2 Å². The number of H-pyrrole nitrogens is 1. The number of carboxylic acid groups (broad SMARTS) is 2. The lowest BCUT2D eigenvalue weighted by Gasteiger charge is -2.26. The highest BCUT2D eigenvalue weighted by Gasteiger charge is 2.31. The molecule has 0 aliphatic rings. The van der Waals surface area contributed by atoms with Gasteiger partial charge in [-0.15, -0.1) is 0 Å². The molecule has 2 aromatic rings. The van der Waals surface area contributed by atoms with Gasteiger partial charge in [-0.2, -0.15) is 0 Å². The molecule has 0 radical (unpaired) electrons. The van der Waals surface area contributed by atoms with Crippen LogP contribution < -0.4 is 44.2 Å². The van der Waals surface area contributed by atoms with Gasteiger partial charge in [0.05, 0.1) is 0 Å². The average molecular weight is 688 g/mol. The summed E-state index contributed by atoms with van der Waals surface area (Å²) in [5, 5.41) is 29.9. The summed E-state index contributed by atoms with van der Waals surface area (Å²) >= 11 is 0. The van der Waals surface area contributed by atoms with Gasteiger partial charge in [0, 0.05) is 50.0 Å². The van der Waals surface area contributed by atoms with E-state index in [1.54, 1.807) is 18.3 Å². The fourth-order valence-electron chi connectivity index (χ4n) is 4.86. The number of aliphatic imine (C=N–C) groups is 2. The Hall–Kier alpha value is -5.88. The standard InChI is InChI=1S/C30H45N11O8/c1-16(42)38-20(8-4-12-35-29(31)32)25(45)40-22(10-11-24(43)44)27(47)39-21(9-5-13-36-30(33)34)26(46)41-23(28(48)49)14-17-15-37-19-7-3-2-6-18(17)19/h2-3,6-7,15,20-23,37H,4-5,8-14H2,1H3,(H,38,42)(H,39,47)(H,40,45)(H,41,46)(H,43,44)(H,48,49)(H4,31,32,35)(H4,33,34,36)/t20-,21-,22-,23-/m0/s1. The molecule has 268 valence electrons. The molecule has 0 saturated heterocycles. The molecule has 0 bridgehead atoms. The van der Waals surface area contributed by atoms with Crippen LogP contribution in [0.1, 0.15) is 51.0 Å². The Balaban J connectivity index is 2.27. The maximum atomic E-state index is 13.5. The minimum atomic E-state index is -1.45. The molecule has 15 N–H and O–H groups in total. The zero-order valence-corrected chi connectivity index (χ0v) is 27.1. The molecule has 4 atom stereocenters. The molecule has 1 heterocycles. The Labute approximate surface area is 281 Å². The van der Waals surface area contributed by atoms with Crippen LogP contribution >= 0.6 is 0 Å². The van der Waals surface area contributed by atoms with Crippen molar-refractivity contribution in [3.63, 3.8) is 0 Å². The molecule has 19 nitrogen and oxygen atoms in total. The summed E-state index contributed by atoms with van der Waals surface area (Å²) < 4.78 is 0. The minimum absolute atomic E-state index is 0.0489. The molecule has 2 rings (SSSR count). The van der Waals surface area contributed by atoms with Crippen molar-refractivity contribution in [2.24, 2.45) is 32.9 Å². The van der Waals surface area contributed by atoms with Crippen LogP contribution in [0, 0.1) is 0 Å². The van der Waals surface area contributed by atoms with Crippen molar-refractivity contribution in [1.29, 1.82) is 0 Å². The Kier molecular flexibility index (Phi) is 15.8. The summed E-state index contributed by atoms with van der Waals surface area (Å²) in [5.41, 5.74) is 22.8. The quantitative estimate of drug-likeness (QED) is 0.0376. The zero-order valence-electron chi connectivity index (χ0n) is 27.1. The zero-order chi connectivity index (χ0) is 36.5. The van der Waals surface area contributed by atoms with Crippen LogP contribution in [0.25, 0.3) is 10.9 Å². The van der Waals surface area contributed by atoms with E-state index in [1.165, 1.54) is 6.92 Å². The van der Waals surface area contributed by atoms with Gasteiger partial charge in [0.1, 0.15) is 24.2 Å². The first-order valence-electron chi connectivity index (χ1n) is 15.5. The molecule has 0 aliphatic carbocycles. The number of aromatic amines is 1. The van der Waals surface area contributed by atoms with E-state index in [9.17, 15) is 39.0 Å². The number of carbonyl (C=O) groups is 6. The molecule has 0 saturated carbocycles. The van der Waals surface area contributed by atoms with Crippen molar-refractivity contribution in [3.05, 3.63) is 36.0 Å². The molecule has 1 aromatic heterocycles. The number of rotatable bonds is 21. The second-order valence-corrected chi connectivity index (χ2v) is 11.2. The molecule has 4 amide bonds. The van der Waals surface area contributed by atoms with Gasteiger partial charge >= 0.3 is 11.9 Å². The highest BCUT2D eigenvalue weighted by atomic mass is 16.4. The second kappa shape index (κ2) is 19.7. The third-order valence-corrected chi connectivity index (χ3v) is 7.21. The summed E-state index contributed by atoms with van der Waals surface area (Å²) in [4.78, 5) is 86.4. The number of guanidine groups is 2. The molecule has 1 aromatic carbocycles. The normalized spacial score (nSPS) is 13.2. The van der Waals surface area contributed by atoms with E-state index in [2.05, 4.69) is 36.2 Å². The number of nitrogens with two attached hydrogens (primary N) is 4. The number of para-hydroxylation sites is 1. The number of nitrogens with one attached hydrogen (secondary N) is 5. The number of carboxylic acids is 2. The van der Waals surface area contributed by atoms with Crippen molar-refractivity contribution >= 4 is 58.4 Å². The number of benzene rings is 1. The summed E-state index contributed by atoms with van der Waals surface area (Å²) in [6.45, 7) is 1.43. The van der Waals surface area contributed by atoms with E-state index in [4.69, 9.17) is 22.9 Å². The smallest absolute Gasteiger partial charge is 0.326 e. The van der Waals surface area contributed by atoms with Gasteiger partial charge in [0.25, 0.3) is 0 Å². The monoisotopic (exact) mass is 687 g/mol. The second-order valence-electron chi connectivity index (χ2n) is 11.2. The van der Waals surface area contributed by atoms with E-state index < -0.39 is 66.2 Å². The van der Waals surface area contributed by atoms with Crippen LogP contribution in [0.5, 0.6) is 0 Å². The minimum Gasteiger partial charge on any atom is -0.481 e. The van der Waals surface area contributed by atoms with Gasteiger partial charge in [-0.1, -0.05) is 18.2 Å². The number of amides is 4. The maximum Gasteiger partial charge on any atom is 0.326 e. The third kappa shape index (κ3) is 14.2. The first-order valence-corrected chi connectivity index (χ1v) is 15.5. The number of fused-ring (bicyclic) bond motifs is 1. The first-order chi connectivity index (χ1) is 23.2. The number of hydrogen-bond acceptors (Lipinski definition) is 8. The number of carbonyl (C=O) groups excluding carboxylic acids is 4. The molecule has 0 spiro atoms. The predicted molar refractivity (Wildman–Crippen MR) is 180 cm³/mol. The van der Waals surface area contributed by atoms with Gasteiger partial charge in [-0.05, 0) is 43.7 Å². The maximum absolute atomic E-state index is 13.5. The molecular weight excluding hydrogens is 642 g/mol. The Morgan fingerprint density at radius 3 is 1.71 bits per heavy atom. The van der Waals surface area contributed by atoms with Gasteiger partial charge in [-0.25, -0.2) is 4.79 Å². The van der Waals surface area contributed by atoms with E-state index >= 15 is 0 Å². The summed E-state index contributed by atoms with van der Waals surface area (Å²) in [5.74, 6) is -6.01. The van der Waals surface area contributed by atoms with Crippen molar-refractivity contribution in [1.82, 2.24) is 26.3 Å². The topological polar surface area (TPSA) is 336 Å². The highest BCUT2D eigenvalue weighted by molar-refractivity contribution is 5.95. The van der Waals surface area contributed by atoms with Crippen LogP contribution in [0.4, 0.5) is 0 Å².